The fourth-order valence-corrected chi connectivity index (χ4v) is 1.61. The molecule has 0 fully saturated rings. The fourth-order valence-electron chi connectivity index (χ4n) is 1.23. The van der Waals surface area contributed by atoms with Crippen LogP contribution >= 0.6 is 0 Å². The lowest BCUT2D eigenvalue weighted by molar-refractivity contribution is -0.137. The predicted octanol–water partition coefficient (Wildman–Crippen LogP) is -0.293. The van der Waals surface area contributed by atoms with Gasteiger partial charge >= 0.3 is 5.97 Å². The molecule has 3 N–H and O–H groups in total. The Balaban J connectivity index is 2.94. The van der Waals surface area contributed by atoms with Gasteiger partial charge in [0.1, 0.15) is 9.52 Å². The minimum atomic E-state index is -0.745. The Kier molecular flexibility index (Phi) is 13.7. The van der Waals surface area contributed by atoms with Crippen molar-refractivity contribution in [2.75, 3.05) is 33.0 Å². The third-order valence-electron chi connectivity index (χ3n) is 2.13. The normalized spacial score (nSPS) is 10.4. The number of aliphatic carboxylic acids is 1. The smallest absolute Gasteiger partial charge is 0.303 e. The number of nitrogens with one attached hydrogen (secondary N) is 2. The summed E-state index contributed by atoms with van der Waals surface area (Å²) >= 11 is 0. The maximum atomic E-state index is 10.2. The quantitative estimate of drug-likeness (QED) is 0.175. The van der Waals surface area contributed by atoms with E-state index < -0.39 is 5.97 Å². The van der Waals surface area contributed by atoms with Crippen LogP contribution in [0.2, 0.25) is 6.04 Å². The molecule has 0 bridgehead atoms. The van der Waals surface area contributed by atoms with Crippen molar-refractivity contribution in [3.63, 3.8) is 0 Å². The number of carbonyl (C=O) groups excluding carboxylic acids is 1. The Bertz CT molecular complexity index is 217. The number of hydrogen-bond acceptors (Lipinski definition) is 5. The van der Waals surface area contributed by atoms with E-state index in [0.717, 1.165) is 38.0 Å². The van der Waals surface area contributed by atoms with Crippen molar-refractivity contribution in [1.29, 1.82) is 0 Å². The Hall–Kier alpha value is -0.763. The molecular formula is C11H22N2O4Si. The lowest BCUT2D eigenvalue weighted by Gasteiger charge is -2.06. The zero-order valence-corrected chi connectivity index (χ0v) is 11.6. The fraction of sp³-hybridized carbons (Fsp3) is 0.818. The molecule has 0 spiro atoms. The van der Waals surface area contributed by atoms with Gasteiger partial charge in [0.15, 0.2) is 0 Å². The molecule has 0 heterocycles. The van der Waals surface area contributed by atoms with Crippen molar-refractivity contribution in [1.82, 2.24) is 10.6 Å². The van der Waals surface area contributed by atoms with Gasteiger partial charge in [-0.25, -0.2) is 0 Å². The first-order chi connectivity index (χ1) is 8.77. The third kappa shape index (κ3) is 15.2. The molecule has 6 nitrogen and oxygen atoms in total. The van der Waals surface area contributed by atoms with Crippen LogP contribution in [0, 0.1) is 0 Å². The summed E-state index contributed by atoms with van der Waals surface area (Å²) < 4.78 is 5.26. The summed E-state index contributed by atoms with van der Waals surface area (Å²) in [5.41, 5.74) is 0. The molecule has 0 atom stereocenters. The highest BCUT2D eigenvalue weighted by atomic mass is 28.2. The maximum absolute atomic E-state index is 10.2. The van der Waals surface area contributed by atoms with Crippen LogP contribution in [-0.4, -0.2) is 59.5 Å². The van der Waals surface area contributed by atoms with Crippen molar-refractivity contribution in [2.45, 2.75) is 25.3 Å². The first-order valence-corrected chi connectivity index (χ1v) is 7.44. The summed E-state index contributed by atoms with van der Waals surface area (Å²) in [5, 5.41) is 14.7. The van der Waals surface area contributed by atoms with Gasteiger partial charge in [-0.05, 0) is 38.5 Å². The van der Waals surface area contributed by atoms with Crippen molar-refractivity contribution in [3.8, 4) is 0 Å². The largest absolute Gasteiger partial charge is 0.481 e. The van der Waals surface area contributed by atoms with Crippen molar-refractivity contribution < 1.29 is 19.4 Å². The average Bonchev–Trinajstić information content (AvgIpc) is 2.34. The number of ether oxygens (including phenoxy) is 1. The van der Waals surface area contributed by atoms with Crippen molar-refractivity contribution in [3.05, 3.63) is 0 Å². The van der Waals surface area contributed by atoms with Crippen LogP contribution in [-0.2, 0) is 14.3 Å². The molecule has 0 aliphatic rings. The Morgan fingerprint density at radius 1 is 1.22 bits per heavy atom. The van der Waals surface area contributed by atoms with E-state index in [1.807, 2.05) is 0 Å². The molecule has 7 heteroatoms. The van der Waals surface area contributed by atoms with Crippen LogP contribution in [0.25, 0.3) is 0 Å². The predicted molar refractivity (Wildman–Crippen MR) is 70.5 cm³/mol. The number of hydrogen-bond donors (Lipinski definition) is 3. The Morgan fingerprint density at radius 2 is 1.94 bits per heavy atom. The minimum Gasteiger partial charge on any atom is -0.481 e. The first-order valence-electron chi connectivity index (χ1n) is 6.15. The SMILES string of the molecule is O=C[Si]CCOCNCCCNCCCC(=O)O. The molecule has 0 rings (SSSR count). The van der Waals surface area contributed by atoms with Crippen LogP contribution < -0.4 is 10.6 Å². The second-order valence-corrected chi connectivity index (χ2v) is 4.87. The van der Waals surface area contributed by atoms with Gasteiger partial charge in [0.25, 0.3) is 0 Å². The topological polar surface area (TPSA) is 87.7 Å². The van der Waals surface area contributed by atoms with E-state index in [2.05, 4.69) is 10.6 Å². The molecule has 0 unspecified atom stereocenters. The van der Waals surface area contributed by atoms with Gasteiger partial charge in [-0.2, -0.15) is 0 Å². The van der Waals surface area contributed by atoms with Crippen LogP contribution in [0.4, 0.5) is 0 Å². The zero-order chi connectivity index (χ0) is 13.5. The molecule has 0 aliphatic heterocycles. The highest BCUT2D eigenvalue weighted by Gasteiger charge is 1.95. The van der Waals surface area contributed by atoms with Crippen molar-refractivity contribution in [2.24, 2.45) is 0 Å². The highest BCUT2D eigenvalue weighted by molar-refractivity contribution is 6.66. The van der Waals surface area contributed by atoms with Crippen LogP contribution in [0.15, 0.2) is 0 Å². The van der Waals surface area contributed by atoms with Gasteiger partial charge in [-0.1, -0.05) is 0 Å². The molecule has 0 saturated carbocycles. The summed E-state index contributed by atoms with van der Waals surface area (Å²) in [6.45, 7) is 3.62. The average molecular weight is 274 g/mol. The molecule has 0 saturated heterocycles. The van der Waals surface area contributed by atoms with Gasteiger partial charge in [0.05, 0.1) is 12.6 Å². The summed E-state index contributed by atoms with van der Waals surface area (Å²) in [7, 11) is 0.340. The second kappa shape index (κ2) is 14.3. The molecule has 2 radical (unpaired) electrons. The summed E-state index contributed by atoms with van der Waals surface area (Å²) in [6.07, 6.45) is 1.87. The standard InChI is InChI=1S/C11H22N2O4Si/c14-10-18-8-7-17-9-13-6-2-5-12-4-1-3-11(15)16/h10,12-13H,1-9H2,(H,15,16). The zero-order valence-electron chi connectivity index (χ0n) is 10.6. The molecule has 104 valence electrons. The van der Waals surface area contributed by atoms with E-state index in [9.17, 15) is 9.59 Å². The maximum Gasteiger partial charge on any atom is 0.303 e. The number of carboxylic acid groups (broad SMARTS) is 1. The van der Waals surface area contributed by atoms with Gasteiger partial charge in [0, 0.05) is 13.0 Å². The van der Waals surface area contributed by atoms with Gasteiger partial charge < -0.3 is 20.0 Å². The molecule has 0 aromatic carbocycles. The minimum absolute atomic E-state index is 0.223. The Morgan fingerprint density at radius 3 is 2.67 bits per heavy atom. The van der Waals surface area contributed by atoms with E-state index in [0.29, 0.717) is 29.3 Å². The van der Waals surface area contributed by atoms with Crippen LogP contribution in [0.5, 0.6) is 0 Å². The van der Waals surface area contributed by atoms with E-state index in [1.54, 1.807) is 0 Å². The van der Waals surface area contributed by atoms with Crippen LogP contribution in [0.3, 0.4) is 0 Å². The monoisotopic (exact) mass is 274 g/mol. The van der Waals surface area contributed by atoms with Gasteiger partial charge in [-0.3, -0.25) is 10.1 Å². The summed E-state index contributed by atoms with van der Waals surface area (Å²) in [5.74, 6) is 0.179. The summed E-state index contributed by atoms with van der Waals surface area (Å²) in [6, 6.07) is 0.802. The Labute approximate surface area is 110 Å². The molecule has 0 aromatic rings. The lowest BCUT2D eigenvalue weighted by Crippen LogP contribution is -2.24. The van der Waals surface area contributed by atoms with E-state index in [4.69, 9.17) is 9.84 Å². The van der Waals surface area contributed by atoms with E-state index in [-0.39, 0.29) is 6.42 Å². The molecule has 0 amide bonds. The van der Waals surface area contributed by atoms with E-state index in [1.165, 1.54) is 0 Å². The summed E-state index contributed by atoms with van der Waals surface area (Å²) in [4.78, 5) is 20.3. The number of carbonyl (C=O) groups is 2. The number of rotatable bonds is 14. The first kappa shape index (κ1) is 17.2. The molecule has 0 aromatic heterocycles. The third-order valence-corrected chi connectivity index (χ3v) is 2.79. The van der Waals surface area contributed by atoms with E-state index >= 15 is 0 Å². The number of carboxylic acids is 1. The highest BCUT2D eigenvalue weighted by Crippen LogP contribution is 1.86. The van der Waals surface area contributed by atoms with Gasteiger partial charge in [-0.15, -0.1) is 0 Å². The van der Waals surface area contributed by atoms with Gasteiger partial charge in [0.2, 0.25) is 0 Å². The lowest BCUT2D eigenvalue weighted by atomic mass is 10.3. The van der Waals surface area contributed by atoms with Crippen molar-refractivity contribution >= 4 is 21.4 Å². The molecular weight excluding hydrogens is 252 g/mol. The van der Waals surface area contributed by atoms with Crippen LogP contribution in [0.1, 0.15) is 19.3 Å². The molecule has 0 aliphatic carbocycles. The molecule has 18 heavy (non-hydrogen) atoms. The second-order valence-electron chi connectivity index (χ2n) is 3.73.